The standard InChI is InChI=1S/C14H26N4O2S/c1-2-17-11-14(16-12-17)21(19,20)18(10-6-9-15)13-7-4-3-5-8-13/h11-13H,2-10,15H2,1H3. The molecule has 6 nitrogen and oxygen atoms in total. The molecule has 1 heterocycles. The summed E-state index contributed by atoms with van der Waals surface area (Å²) in [5.74, 6) is 0. The third-order valence-corrected chi connectivity index (χ3v) is 5.95. The van der Waals surface area contributed by atoms with Gasteiger partial charge in [-0.05, 0) is 32.7 Å². The molecule has 120 valence electrons. The molecule has 1 aliphatic carbocycles. The van der Waals surface area contributed by atoms with Gasteiger partial charge < -0.3 is 10.3 Å². The maximum Gasteiger partial charge on any atom is 0.262 e. The van der Waals surface area contributed by atoms with Crippen LogP contribution in [0.3, 0.4) is 0 Å². The SMILES string of the molecule is CCn1cnc(S(=O)(=O)N(CCCN)C2CCCCC2)c1. The highest BCUT2D eigenvalue weighted by molar-refractivity contribution is 7.89. The number of imidazole rings is 1. The molecule has 0 saturated heterocycles. The summed E-state index contributed by atoms with van der Waals surface area (Å²) in [7, 11) is -3.52. The largest absolute Gasteiger partial charge is 0.336 e. The molecule has 0 aromatic carbocycles. The Morgan fingerprint density at radius 3 is 2.67 bits per heavy atom. The van der Waals surface area contributed by atoms with E-state index in [0.29, 0.717) is 19.5 Å². The Balaban J connectivity index is 2.24. The van der Waals surface area contributed by atoms with Crippen molar-refractivity contribution in [3.8, 4) is 0 Å². The van der Waals surface area contributed by atoms with Gasteiger partial charge in [0.15, 0.2) is 5.03 Å². The summed E-state index contributed by atoms with van der Waals surface area (Å²) in [5.41, 5.74) is 5.57. The van der Waals surface area contributed by atoms with Gasteiger partial charge in [-0.25, -0.2) is 13.4 Å². The van der Waals surface area contributed by atoms with Gasteiger partial charge in [0.2, 0.25) is 0 Å². The van der Waals surface area contributed by atoms with Crippen molar-refractivity contribution in [2.45, 2.75) is 63.1 Å². The van der Waals surface area contributed by atoms with Crippen molar-refractivity contribution in [2.24, 2.45) is 5.73 Å². The van der Waals surface area contributed by atoms with Gasteiger partial charge in [-0.2, -0.15) is 4.31 Å². The normalized spacial score (nSPS) is 17.5. The van der Waals surface area contributed by atoms with E-state index in [4.69, 9.17) is 5.73 Å². The van der Waals surface area contributed by atoms with Crippen LogP contribution in [0.4, 0.5) is 0 Å². The monoisotopic (exact) mass is 314 g/mol. The van der Waals surface area contributed by atoms with Gasteiger partial charge in [0, 0.05) is 25.3 Å². The molecule has 0 amide bonds. The van der Waals surface area contributed by atoms with Crippen LogP contribution in [0.5, 0.6) is 0 Å². The van der Waals surface area contributed by atoms with Gasteiger partial charge in [-0.15, -0.1) is 0 Å². The molecule has 1 aromatic heterocycles. The molecule has 1 fully saturated rings. The molecule has 2 rings (SSSR count). The van der Waals surface area contributed by atoms with Crippen LogP contribution in [0.15, 0.2) is 17.6 Å². The Hall–Kier alpha value is -0.920. The summed E-state index contributed by atoms with van der Waals surface area (Å²) < 4.78 is 29.2. The Morgan fingerprint density at radius 2 is 2.10 bits per heavy atom. The average Bonchev–Trinajstić information content (AvgIpc) is 2.98. The lowest BCUT2D eigenvalue weighted by Gasteiger charge is -2.32. The first-order valence-electron chi connectivity index (χ1n) is 7.83. The summed E-state index contributed by atoms with van der Waals surface area (Å²) in [5, 5.41) is 0.159. The Bertz CT molecular complexity index is 535. The van der Waals surface area contributed by atoms with Crippen LogP contribution in [0, 0.1) is 0 Å². The number of hydrogen-bond donors (Lipinski definition) is 1. The second-order valence-electron chi connectivity index (χ2n) is 5.59. The van der Waals surface area contributed by atoms with Crippen molar-refractivity contribution >= 4 is 10.0 Å². The number of aryl methyl sites for hydroxylation is 1. The van der Waals surface area contributed by atoms with E-state index in [9.17, 15) is 8.42 Å². The van der Waals surface area contributed by atoms with Crippen LogP contribution < -0.4 is 5.73 Å². The fourth-order valence-electron chi connectivity index (χ4n) is 2.88. The minimum Gasteiger partial charge on any atom is -0.336 e. The van der Waals surface area contributed by atoms with Gasteiger partial charge in [0.25, 0.3) is 10.0 Å². The molecule has 1 aliphatic rings. The number of sulfonamides is 1. The van der Waals surface area contributed by atoms with Gasteiger partial charge in [-0.3, -0.25) is 0 Å². The van der Waals surface area contributed by atoms with Gasteiger partial charge >= 0.3 is 0 Å². The molecule has 1 saturated carbocycles. The third-order valence-electron chi connectivity index (χ3n) is 4.11. The van der Waals surface area contributed by atoms with Crippen LogP contribution in [-0.4, -0.2) is 41.4 Å². The number of aromatic nitrogens is 2. The van der Waals surface area contributed by atoms with Crippen LogP contribution in [0.1, 0.15) is 45.4 Å². The van der Waals surface area contributed by atoms with Crippen molar-refractivity contribution in [1.82, 2.24) is 13.9 Å². The number of rotatable bonds is 7. The molecule has 0 radical (unpaired) electrons. The van der Waals surface area contributed by atoms with Crippen molar-refractivity contribution in [3.05, 3.63) is 12.5 Å². The first-order valence-corrected chi connectivity index (χ1v) is 9.27. The van der Waals surface area contributed by atoms with E-state index in [2.05, 4.69) is 4.98 Å². The maximum absolute atomic E-state index is 12.9. The van der Waals surface area contributed by atoms with E-state index >= 15 is 0 Å². The quantitative estimate of drug-likeness (QED) is 0.828. The first kappa shape index (κ1) is 16.5. The predicted molar refractivity (Wildman–Crippen MR) is 82.3 cm³/mol. The van der Waals surface area contributed by atoms with E-state index in [1.807, 2.05) is 6.92 Å². The summed E-state index contributed by atoms with van der Waals surface area (Å²) in [6.45, 7) is 3.67. The highest BCUT2D eigenvalue weighted by Crippen LogP contribution is 2.27. The second kappa shape index (κ2) is 7.38. The van der Waals surface area contributed by atoms with E-state index in [0.717, 1.165) is 32.2 Å². The summed E-state index contributed by atoms with van der Waals surface area (Å²) in [6.07, 6.45) is 9.17. The fraction of sp³-hybridized carbons (Fsp3) is 0.786. The van der Waals surface area contributed by atoms with E-state index in [-0.39, 0.29) is 11.1 Å². The topological polar surface area (TPSA) is 81.2 Å². The lowest BCUT2D eigenvalue weighted by Crippen LogP contribution is -2.42. The maximum atomic E-state index is 12.9. The van der Waals surface area contributed by atoms with Crippen molar-refractivity contribution in [3.63, 3.8) is 0 Å². The lowest BCUT2D eigenvalue weighted by atomic mass is 9.95. The molecule has 0 spiro atoms. The highest BCUT2D eigenvalue weighted by atomic mass is 32.2. The summed E-state index contributed by atoms with van der Waals surface area (Å²) >= 11 is 0. The van der Waals surface area contributed by atoms with Crippen molar-refractivity contribution in [1.29, 1.82) is 0 Å². The smallest absolute Gasteiger partial charge is 0.262 e. The fourth-order valence-corrected chi connectivity index (χ4v) is 4.54. The van der Waals surface area contributed by atoms with Crippen LogP contribution in [-0.2, 0) is 16.6 Å². The van der Waals surface area contributed by atoms with E-state index in [1.54, 1.807) is 21.4 Å². The van der Waals surface area contributed by atoms with E-state index in [1.165, 1.54) is 6.42 Å². The molecule has 1 aromatic rings. The Labute approximate surface area is 127 Å². The second-order valence-corrected chi connectivity index (χ2v) is 7.43. The molecular weight excluding hydrogens is 288 g/mol. The molecule has 0 aliphatic heterocycles. The molecule has 2 N–H and O–H groups in total. The third kappa shape index (κ3) is 3.84. The lowest BCUT2D eigenvalue weighted by molar-refractivity contribution is 0.251. The van der Waals surface area contributed by atoms with Crippen molar-refractivity contribution in [2.75, 3.05) is 13.1 Å². The zero-order valence-electron chi connectivity index (χ0n) is 12.7. The predicted octanol–water partition coefficient (Wildman–Crippen LogP) is 1.58. The molecular formula is C14H26N4O2S. The van der Waals surface area contributed by atoms with Crippen LogP contribution >= 0.6 is 0 Å². The van der Waals surface area contributed by atoms with Gasteiger partial charge in [-0.1, -0.05) is 19.3 Å². The Kier molecular flexibility index (Phi) is 5.78. The molecule has 21 heavy (non-hydrogen) atoms. The minimum absolute atomic E-state index is 0.0991. The average molecular weight is 314 g/mol. The molecule has 0 unspecified atom stereocenters. The van der Waals surface area contributed by atoms with E-state index < -0.39 is 10.0 Å². The highest BCUT2D eigenvalue weighted by Gasteiger charge is 2.33. The molecule has 0 bridgehead atoms. The molecule has 7 heteroatoms. The van der Waals surface area contributed by atoms with Crippen LogP contribution in [0.25, 0.3) is 0 Å². The van der Waals surface area contributed by atoms with Gasteiger partial charge in [0.1, 0.15) is 0 Å². The zero-order chi connectivity index (χ0) is 15.3. The number of nitrogens with zero attached hydrogens (tertiary/aromatic N) is 3. The first-order chi connectivity index (χ1) is 10.1. The molecule has 0 atom stereocenters. The Morgan fingerprint density at radius 1 is 1.38 bits per heavy atom. The summed E-state index contributed by atoms with van der Waals surface area (Å²) in [6, 6.07) is 0.0991. The van der Waals surface area contributed by atoms with Crippen LogP contribution in [0.2, 0.25) is 0 Å². The minimum atomic E-state index is -3.52. The zero-order valence-corrected chi connectivity index (χ0v) is 13.6. The number of hydrogen-bond acceptors (Lipinski definition) is 4. The van der Waals surface area contributed by atoms with Crippen molar-refractivity contribution < 1.29 is 8.42 Å². The number of nitrogens with two attached hydrogens (primary N) is 1. The summed E-state index contributed by atoms with van der Waals surface area (Å²) in [4.78, 5) is 4.08. The van der Waals surface area contributed by atoms with Gasteiger partial charge in [0.05, 0.1) is 6.33 Å².